The molecule has 0 aliphatic carbocycles. The van der Waals surface area contributed by atoms with E-state index in [-0.39, 0.29) is 11.8 Å². The lowest BCUT2D eigenvalue weighted by molar-refractivity contribution is -0.150. The quantitative estimate of drug-likeness (QED) is 0.308. The van der Waals surface area contributed by atoms with E-state index in [1.807, 2.05) is 13.8 Å². The van der Waals surface area contributed by atoms with Gasteiger partial charge in [0.15, 0.2) is 0 Å². The summed E-state index contributed by atoms with van der Waals surface area (Å²) in [6.45, 7) is 7.04. The molecule has 1 heterocycles. The number of nitrogens with two attached hydrogens (primary N) is 1. The van der Waals surface area contributed by atoms with E-state index in [2.05, 4.69) is 10.6 Å². The molecule has 1 aliphatic rings. The summed E-state index contributed by atoms with van der Waals surface area (Å²) >= 11 is 0. The number of carboxylic acid groups (broad SMARTS) is 1. The normalized spacial score (nSPS) is 19.7. The molecule has 166 valence electrons. The maximum Gasteiger partial charge on any atom is 0.326 e. The van der Waals surface area contributed by atoms with Crippen LogP contribution < -0.4 is 16.4 Å². The lowest BCUT2D eigenvalue weighted by Crippen LogP contribution is -2.58. The Morgan fingerprint density at radius 2 is 1.72 bits per heavy atom. The first kappa shape index (κ1) is 24.8. The fourth-order valence-corrected chi connectivity index (χ4v) is 3.30. The van der Waals surface area contributed by atoms with Crippen molar-refractivity contribution >= 4 is 23.7 Å². The van der Waals surface area contributed by atoms with Gasteiger partial charge in [-0.15, -0.1) is 0 Å². The molecule has 1 saturated heterocycles. The number of rotatable bonds is 10. The van der Waals surface area contributed by atoms with Gasteiger partial charge in [-0.2, -0.15) is 0 Å². The number of aliphatic carboxylic acids is 1. The van der Waals surface area contributed by atoms with Crippen molar-refractivity contribution in [3.63, 3.8) is 0 Å². The highest BCUT2D eigenvalue weighted by molar-refractivity contribution is 5.94. The molecule has 10 heteroatoms. The van der Waals surface area contributed by atoms with Crippen LogP contribution in [0.25, 0.3) is 0 Å². The summed E-state index contributed by atoms with van der Waals surface area (Å²) in [6.07, 6.45) is 1.29. The molecule has 4 atom stereocenters. The average molecular weight is 415 g/mol. The van der Waals surface area contributed by atoms with E-state index < -0.39 is 54.5 Å². The number of aliphatic hydroxyl groups excluding tert-OH is 1. The number of likely N-dealkylation sites (tertiary alicyclic amines) is 1. The van der Waals surface area contributed by atoms with Crippen LogP contribution in [0.4, 0.5) is 0 Å². The fraction of sp³-hybridized carbons (Fsp3) is 0.789. The Kier molecular flexibility index (Phi) is 9.51. The lowest BCUT2D eigenvalue weighted by atomic mass is 9.99. The van der Waals surface area contributed by atoms with Crippen molar-refractivity contribution in [3.8, 4) is 0 Å². The van der Waals surface area contributed by atoms with Gasteiger partial charge >= 0.3 is 5.97 Å². The number of hydrogen-bond acceptors (Lipinski definition) is 6. The maximum atomic E-state index is 13.0. The average Bonchev–Trinajstić information content (AvgIpc) is 3.13. The standard InChI is InChI=1S/C19H34N4O6/c1-10(2)8-13(21-16(25)12(20)9-24)17(26)22-15(11(3)4)18(27)23-7-5-6-14(23)19(28)29/h10-15,24H,5-9,20H2,1-4H3,(H,21,25)(H,22,26)(H,28,29). The Hall–Kier alpha value is -2.20. The minimum atomic E-state index is -1.15. The summed E-state index contributed by atoms with van der Waals surface area (Å²) in [6, 6.07) is -3.89. The number of carbonyl (C=O) groups excluding carboxylic acids is 3. The van der Waals surface area contributed by atoms with Gasteiger partial charge in [0.2, 0.25) is 17.7 Å². The summed E-state index contributed by atoms with van der Waals surface area (Å²) in [5.41, 5.74) is 5.51. The third-order valence-corrected chi connectivity index (χ3v) is 4.92. The molecule has 10 nitrogen and oxygen atoms in total. The summed E-state index contributed by atoms with van der Waals surface area (Å²) < 4.78 is 0. The van der Waals surface area contributed by atoms with E-state index in [1.165, 1.54) is 4.90 Å². The van der Waals surface area contributed by atoms with Gasteiger partial charge in [-0.25, -0.2) is 4.79 Å². The smallest absolute Gasteiger partial charge is 0.326 e. The summed E-state index contributed by atoms with van der Waals surface area (Å²) in [4.78, 5) is 50.6. The predicted octanol–water partition coefficient (Wildman–Crippen LogP) is -0.947. The molecule has 0 aromatic rings. The molecule has 0 radical (unpaired) electrons. The van der Waals surface area contributed by atoms with Crippen molar-refractivity contribution in [1.29, 1.82) is 0 Å². The molecule has 1 fully saturated rings. The van der Waals surface area contributed by atoms with Crippen LogP contribution in [0.5, 0.6) is 0 Å². The van der Waals surface area contributed by atoms with Crippen LogP contribution in [-0.4, -0.2) is 76.1 Å². The highest BCUT2D eigenvalue weighted by Crippen LogP contribution is 2.20. The first-order chi connectivity index (χ1) is 13.5. The Balaban J connectivity index is 2.95. The van der Waals surface area contributed by atoms with Crippen LogP contribution in [0, 0.1) is 11.8 Å². The van der Waals surface area contributed by atoms with E-state index in [0.717, 1.165) is 0 Å². The Bertz CT molecular complexity index is 610. The minimum Gasteiger partial charge on any atom is -0.480 e. The van der Waals surface area contributed by atoms with Crippen molar-refractivity contribution in [2.75, 3.05) is 13.2 Å². The summed E-state index contributed by atoms with van der Waals surface area (Å²) in [7, 11) is 0. The fourth-order valence-electron chi connectivity index (χ4n) is 3.30. The molecule has 29 heavy (non-hydrogen) atoms. The third kappa shape index (κ3) is 6.97. The summed E-state index contributed by atoms with van der Waals surface area (Å²) in [5.74, 6) is -2.93. The molecule has 0 aromatic heterocycles. The van der Waals surface area contributed by atoms with Gasteiger partial charge in [-0.05, 0) is 31.1 Å². The van der Waals surface area contributed by atoms with Crippen molar-refractivity contribution in [3.05, 3.63) is 0 Å². The number of carbonyl (C=O) groups is 4. The second-order valence-corrected chi connectivity index (χ2v) is 8.24. The van der Waals surface area contributed by atoms with Crippen LogP contribution in [-0.2, 0) is 19.2 Å². The summed E-state index contributed by atoms with van der Waals surface area (Å²) in [5, 5.41) is 23.6. The molecule has 6 N–H and O–H groups in total. The second-order valence-electron chi connectivity index (χ2n) is 8.24. The highest BCUT2D eigenvalue weighted by atomic mass is 16.4. The predicted molar refractivity (Wildman–Crippen MR) is 106 cm³/mol. The monoisotopic (exact) mass is 414 g/mol. The number of carboxylic acids is 1. The first-order valence-corrected chi connectivity index (χ1v) is 10.00. The van der Waals surface area contributed by atoms with Gasteiger partial charge in [0.1, 0.15) is 24.2 Å². The van der Waals surface area contributed by atoms with Gasteiger partial charge in [0.05, 0.1) is 6.61 Å². The number of nitrogens with one attached hydrogen (secondary N) is 2. The Morgan fingerprint density at radius 3 is 2.21 bits per heavy atom. The number of nitrogens with zero attached hydrogens (tertiary/aromatic N) is 1. The van der Waals surface area contributed by atoms with Crippen LogP contribution in [0.15, 0.2) is 0 Å². The van der Waals surface area contributed by atoms with Crippen LogP contribution in [0.1, 0.15) is 47.0 Å². The van der Waals surface area contributed by atoms with E-state index >= 15 is 0 Å². The molecular formula is C19H34N4O6. The molecule has 3 amide bonds. The van der Waals surface area contributed by atoms with Crippen LogP contribution in [0.2, 0.25) is 0 Å². The molecule has 0 saturated carbocycles. The molecule has 1 rings (SSSR count). The van der Waals surface area contributed by atoms with Crippen molar-refractivity contribution in [2.24, 2.45) is 17.6 Å². The van der Waals surface area contributed by atoms with Gasteiger partial charge in [-0.3, -0.25) is 14.4 Å². The topological polar surface area (TPSA) is 162 Å². The molecular weight excluding hydrogens is 380 g/mol. The van der Waals surface area contributed by atoms with Crippen molar-refractivity contribution in [2.45, 2.75) is 71.1 Å². The Morgan fingerprint density at radius 1 is 1.10 bits per heavy atom. The van der Waals surface area contributed by atoms with Crippen molar-refractivity contribution in [1.82, 2.24) is 15.5 Å². The molecule has 0 spiro atoms. The van der Waals surface area contributed by atoms with Gasteiger partial charge in [0, 0.05) is 6.54 Å². The lowest BCUT2D eigenvalue weighted by Gasteiger charge is -2.31. The van der Waals surface area contributed by atoms with E-state index in [9.17, 15) is 24.3 Å². The van der Waals surface area contributed by atoms with Crippen molar-refractivity contribution < 1.29 is 29.4 Å². The van der Waals surface area contributed by atoms with Crippen LogP contribution in [0.3, 0.4) is 0 Å². The molecule has 0 bridgehead atoms. The highest BCUT2D eigenvalue weighted by Gasteiger charge is 2.39. The maximum absolute atomic E-state index is 13.0. The third-order valence-electron chi connectivity index (χ3n) is 4.92. The Labute approximate surface area is 171 Å². The zero-order valence-corrected chi connectivity index (χ0v) is 17.6. The number of aliphatic hydroxyl groups is 1. The van der Waals surface area contributed by atoms with Gasteiger partial charge in [-0.1, -0.05) is 27.7 Å². The second kappa shape index (κ2) is 11.1. The number of hydrogen-bond donors (Lipinski definition) is 5. The zero-order chi connectivity index (χ0) is 22.3. The zero-order valence-electron chi connectivity index (χ0n) is 17.6. The number of amides is 3. The SMILES string of the molecule is CC(C)CC(NC(=O)C(N)CO)C(=O)NC(C(=O)N1CCCC1C(=O)O)C(C)C. The van der Waals surface area contributed by atoms with Gasteiger partial charge in [0.25, 0.3) is 0 Å². The van der Waals surface area contributed by atoms with Crippen LogP contribution >= 0.6 is 0 Å². The molecule has 4 unspecified atom stereocenters. The largest absolute Gasteiger partial charge is 0.480 e. The van der Waals surface area contributed by atoms with E-state index in [1.54, 1.807) is 13.8 Å². The molecule has 1 aliphatic heterocycles. The van der Waals surface area contributed by atoms with E-state index in [4.69, 9.17) is 10.8 Å². The van der Waals surface area contributed by atoms with Gasteiger partial charge < -0.3 is 31.5 Å². The minimum absolute atomic E-state index is 0.0691. The molecule has 0 aromatic carbocycles. The van der Waals surface area contributed by atoms with E-state index in [0.29, 0.717) is 25.8 Å². The first-order valence-electron chi connectivity index (χ1n) is 10.00.